The Morgan fingerprint density at radius 2 is 0.743 bits per heavy atom. The van der Waals surface area contributed by atoms with Crippen molar-refractivity contribution in [3.05, 3.63) is 324 Å². The molecule has 0 spiro atoms. The Morgan fingerprint density at radius 1 is 0.431 bits per heavy atom. The van der Waals surface area contributed by atoms with E-state index in [1.807, 2.05) is 120 Å². The van der Waals surface area contributed by atoms with Gasteiger partial charge in [-0.1, -0.05) is 230 Å². The molecule has 3 aromatic heterocycles. The van der Waals surface area contributed by atoms with Gasteiger partial charge >= 0.3 is 14.2 Å². The number of rotatable bonds is 17. The van der Waals surface area contributed by atoms with Crippen LogP contribution < -0.4 is 47.6 Å². The van der Waals surface area contributed by atoms with E-state index in [1.54, 1.807) is 140 Å². The number of aromatic nitrogens is 3. The molecule has 0 fully saturated rings. The molecule has 11 rings (SSSR count). The molecule has 0 aliphatic rings. The molecule has 0 bridgehead atoms. The number of benzene rings is 8. The number of carbonyl (C=O) groups is 4. The maximum atomic E-state index is 12.4. The number of nitrogens with one attached hydrogen (secondary N) is 4. The van der Waals surface area contributed by atoms with Crippen LogP contribution in [0.3, 0.4) is 0 Å². The summed E-state index contributed by atoms with van der Waals surface area (Å²) in [5.74, 6) is 0.244. The molecular formula is C79H73B2BrCl9N7O11. The standard InChI is InChI=1S/C23H22Cl2N2O2.C19H14Cl2N2O2.C14H12BCl2NO3.C9H12BrNO.C7H10BNO2.C7H3Cl3O/c1-23(2,3)29-20-13-17(11-12-26-20)16-9-7-15(8-10-16)14-27-22(28)21-18(24)5-4-6-19(21)25;20-15-2-1-3-16(21)18(15)19(25)23-11-12-4-6-13(7-5-12)14-8-9-22-17(24)10-14;16-11-2-1-3-12(17)13(11)14(19)18-8-9-4-6-10(7-5-9)15(20)21;1-9(2,3)12-8-6-7(10)4-5-11-8;9-5-6-1-3-7(4-2-6)8(10)11;8-4-2-1-3-5(9)6(4)7(10)11/h4-13H,14H2,1-3H3,(H,27,28);1-10H,11H2,(H,22,24)(H,23,25);1-7,20-21H,8H2,(H,18,19);4-6H,1-3H3;1-4,10-11H,5,9H2;1-3H. The Morgan fingerprint density at radius 3 is 1.05 bits per heavy atom. The minimum Gasteiger partial charge on any atom is -0.472 e. The van der Waals surface area contributed by atoms with Crippen LogP contribution in [-0.4, -0.2) is 83.5 Å². The molecule has 0 saturated heterocycles. The lowest BCUT2D eigenvalue weighted by Crippen LogP contribution is -2.30. The van der Waals surface area contributed by atoms with Gasteiger partial charge < -0.3 is 56.2 Å². The summed E-state index contributed by atoms with van der Waals surface area (Å²) in [5, 5.41) is 45.6. The maximum Gasteiger partial charge on any atom is 0.488 e. The number of ether oxygens (including phenoxy) is 2. The number of halogens is 10. The number of aromatic amines is 1. The average Bonchev–Trinajstić information content (AvgIpc) is 0.848. The highest BCUT2D eigenvalue weighted by Crippen LogP contribution is 2.30. The van der Waals surface area contributed by atoms with Crippen LogP contribution in [0.15, 0.2) is 234 Å². The van der Waals surface area contributed by atoms with Gasteiger partial charge in [-0.15, -0.1) is 0 Å². The van der Waals surface area contributed by atoms with E-state index in [2.05, 4.69) is 46.8 Å². The molecule has 0 aliphatic carbocycles. The van der Waals surface area contributed by atoms with E-state index in [0.29, 0.717) is 72.5 Å². The van der Waals surface area contributed by atoms with Gasteiger partial charge in [0.2, 0.25) is 17.3 Å². The highest BCUT2D eigenvalue weighted by Gasteiger charge is 2.20. The Labute approximate surface area is 685 Å². The van der Waals surface area contributed by atoms with Crippen molar-refractivity contribution in [1.82, 2.24) is 30.9 Å². The van der Waals surface area contributed by atoms with Crippen LogP contribution in [-0.2, 0) is 26.2 Å². The number of hydrogen-bond donors (Lipinski definition) is 9. The maximum absolute atomic E-state index is 12.4. The SMILES string of the molecule is CC(C)(C)Oc1cc(-c2ccc(CNC(=O)c3c(Cl)cccc3Cl)cc2)ccn1.CC(C)(C)Oc1cc(Br)ccn1.NCc1ccc(B(O)O)cc1.O=C(Cl)c1c(Cl)cccc1Cl.O=C(NCc1ccc(-c2cc[nH]c(=O)c2)cc1)c1c(Cl)cccc1Cl.O=C(NCc1ccc(B(O)O)cc1)c1c(Cl)cccc1Cl. The van der Waals surface area contributed by atoms with Gasteiger partial charge in [0.15, 0.2) is 0 Å². The molecule has 30 heteroatoms. The second kappa shape index (κ2) is 43.9. The first-order chi connectivity index (χ1) is 51.6. The van der Waals surface area contributed by atoms with Gasteiger partial charge in [0.05, 0.1) is 62.4 Å². The van der Waals surface area contributed by atoms with Gasteiger partial charge in [-0.2, -0.15) is 0 Å². The van der Waals surface area contributed by atoms with E-state index in [1.165, 1.54) is 6.07 Å². The van der Waals surface area contributed by atoms with Crippen LogP contribution in [0.25, 0.3) is 22.3 Å². The fourth-order valence-electron chi connectivity index (χ4n) is 9.24. The molecule has 3 amide bonds. The topological polar surface area (TPSA) is 288 Å². The molecule has 0 radical (unpaired) electrons. The Balaban J connectivity index is 0.000000213. The third kappa shape index (κ3) is 30.5. The third-order valence-electron chi connectivity index (χ3n) is 14.5. The minimum atomic E-state index is -1.50. The zero-order valence-corrected chi connectivity index (χ0v) is 67.6. The predicted molar refractivity (Wildman–Crippen MR) is 445 cm³/mol. The molecule has 109 heavy (non-hydrogen) atoms. The summed E-state index contributed by atoms with van der Waals surface area (Å²) in [5.41, 5.74) is 14.0. The summed E-state index contributed by atoms with van der Waals surface area (Å²) in [6.45, 7) is 13.4. The first-order valence-electron chi connectivity index (χ1n) is 32.8. The Hall–Kier alpha value is -8.29. The molecule has 566 valence electrons. The molecule has 3 heterocycles. The van der Waals surface area contributed by atoms with Crippen LogP contribution in [0.2, 0.25) is 40.2 Å². The molecule has 0 saturated carbocycles. The normalized spacial score (nSPS) is 10.6. The molecule has 0 atom stereocenters. The van der Waals surface area contributed by atoms with Gasteiger partial charge in [-0.05, 0) is 175 Å². The van der Waals surface area contributed by atoms with Crippen LogP contribution in [0.4, 0.5) is 0 Å². The van der Waals surface area contributed by atoms with Gasteiger partial charge in [0, 0.05) is 67.4 Å². The van der Waals surface area contributed by atoms with Gasteiger partial charge in [-0.3, -0.25) is 24.0 Å². The fourth-order valence-corrected chi connectivity index (χ4v) is 12.1. The van der Waals surface area contributed by atoms with Crippen molar-refractivity contribution in [3.63, 3.8) is 0 Å². The van der Waals surface area contributed by atoms with Crippen molar-refractivity contribution in [2.24, 2.45) is 5.73 Å². The lowest BCUT2D eigenvalue weighted by molar-refractivity contribution is 0.0943. The summed E-state index contributed by atoms with van der Waals surface area (Å²) in [4.78, 5) is 69.7. The van der Waals surface area contributed by atoms with E-state index in [4.69, 9.17) is 140 Å². The van der Waals surface area contributed by atoms with Crippen LogP contribution in [0.5, 0.6) is 11.8 Å². The average molecular weight is 1720 g/mol. The molecule has 0 unspecified atom stereocenters. The van der Waals surface area contributed by atoms with Crippen LogP contribution in [0, 0.1) is 0 Å². The summed E-state index contributed by atoms with van der Waals surface area (Å²) in [6, 6.07) is 59.4. The second-order valence-corrected chi connectivity index (χ2v) is 29.6. The van der Waals surface area contributed by atoms with Crippen molar-refractivity contribution in [2.75, 3.05) is 0 Å². The lowest BCUT2D eigenvalue weighted by Gasteiger charge is -2.20. The third-order valence-corrected chi connectivity index (χ3v) is 17.7. The number of nitrogens with two attached hydrogens (primary N) is 1. The fraction of sp³-hybridized carbons (Fsp3) is 0.152. The number of amides is 3. The zero-order valence-electron chi connectivity index (χ0n) is 59.2. The van der Waals surface area contributed by atoms with E-state index in [9.17, 15) is 24.0 Å². The van der Waals surface area contributed by atoms with Crippen LogP contribution >= 0.6 is 120 Å². The molecule has 8 aromatic carbocycles. The molecule has 18 nitrogen and oxygen atoms in total. The van der Waals surface area contributed by atoms with Crippen molar-refractivity contribution in [1.29, 1.82) is 0 Å². The summed E-state index contributed by atoms with van der Waals surface area (Å²) in [7, 11) is -2.89. The number of H-pyrrole nitrogens is 1. The lowest BCUT2D eigenvalue weighted by atomic mass is 9.80. The first kappa shape index (κ1) is 89.6. The first-order valence-corrected chi connectivity index (χ1v) is 37.0. The summed E-state index contributed by atoms with van der Waals surface area (Å²) < 4.78 is 12.4. The number of pyridine rings is 3. The van der Waals surface area contributed by atoms with Gasteiger partial charge in [0.1, 0.15) is 11.2 Å². The largest absolute Gasteiger partial charge is 0.488 e. The smallest absolute Gasteiger partial charge is 0.472 e. The van der Waals surface area contributed by atoms with E-state index in [-0.39, 0.29) is 73.3 Å². The van der Waals surface area contributed by atoms with Crippen LogP contribution in [0.1, 0.15) is 105 Å². The predicted octanol–water partition coefficient (Wildman–Crippen LogP) is 17.3. The number of hydrogen-bond acceptors (Lipinski definition) is 14. The number of carbonyl (C=O) groups excluding carboxylic acids is 4. The number of nitrogens with zero attached hydrogens (tertiary/aromatic N) is 2. The Bertz CT molecular complexity index is 4830. The Kier molecular flexibility index (Phi) is 36.1. The second-order valence-electron chi connectivity index (χ2n) is 25.1. The van der Waals surface area contributed by atoms with Crippen molar-refractivity contribution >= 4 is 168 Å². The zero-order chi connectivity index (χ0) is 80.1. The molecular weight excluding hydrogens is 1640 g/mol. The molecule has 0 aliphatic heterocycles. The van der Waals surface area contributed by atoms with Crippen molar-refractivity contribution in [2.45, 2.75) is 78.9 Å². The van der Waals surface area contributed by atoms with E-state index in [0.717, 1.165) is 49.0 Å². The summed E-state index contributed by atoms with van der Waals surface area (Å²) >= 11 is 56.0. The van der Waals surface area contributed by atoms with Crippen molar-refractivity contribution < 1.29 is 48.7 Å². The monoisotopic (exact) mass is 1710 g/mol. The van der Waals surface area contributed by atoms with Gasteiger partial charge in [0.25, 0.3) is 23.0 Å². The molecule has 11 aromatic rings. The van der Waals surface area contributed by atoms with E-state index < -0.39 is 19.5 Å². The molecule has 10 N–H and O–H groups in total. The minimum absolute atomic E-state index is 0.148. The quantitative estimate of drug-likeness (QED) is 0.0303. The highest BCUT2D eigenvalue weighted by atomic mass is 79.9. The summed E-state index contributed by atoms with van der Waals surface area (Å²) in [6.07, 6.45) is 5.06. The highest BCUT2D eigenvalue weighted by molar-refractivity contribution is 9.10. The van der Waals surface area contributed by atoms with Gasteiger partial charge in [-0.25, -0.2) is 9.97 Å². The van der Waals surface area contributed by atoms with E-state index >= 15 is 0 Å². The van der Waals surface area contributed by atoms with Crippen molar-refractivity contribution in [3.8, 4) is 34.0 Å².